The van der Waals surface area contributed by atoms with Crippen LogP contribution in [0, 0.1) is 5.41 Å². The number of anilines is 1. The van der Waals surface area contributed by atoms with Crippen molar-refractivity contribution in [1.82, 2.24) is 0 Å². The molecule has 0 saturated carbocycles. The van der Waals surface area contributed by atoms with E-state index in [0.717, 1.165) is 0 Å². The van der Waals surface area contributed by atoms with Crippen molar-refractivity contribution in [1.29, 1.82) is 0 Å². The van der Waals surface area contributed by atoms with Crippen LogP contribution >= 0.6 is 11.8 Å². The number of nitrogens with one attached hydrogen (secondary N) is 1. The highest BCUT2D eigenvalue weighted by molar-refractivity contribution is 7.99. The first-order valence-electron chi connectivity index (χ1n) is 6.53. The molecule has 0 unspecified atom stereocenters. The molecule has 1 rings (SSSR count). The minimum atomic E-state index is -2.44. The van der Waals surface area contributed by atoms with E-state index in [-0.39, 0.29) is 12.5 Å². The standard InChI is InChI=1S/C14H20F2N2OS/c1-3-14(4-2,9-17)12(19)18-10-5-7-11(8-6-10)20-13(15)16/h5-8,13H,3-4,9,17H2,1-2H3,(H,18,19). The predicted molar refractivity (Wildman–Crippen MR) is 79.0 cm³/mol. The lowest BCUT2D eigenvalue weighted by molar-refractivity contribution is -0.125. The highest BCUT2D eigenvalue weighted by Crippen LogP contribution is 2.29. The van der Waals surface area contributed by atoms with Gasteiger partial charge in [0.25, 0.3) is 5.76 Å². The Hall–Kier alpha value is -1.14. The number of halogens is 2. The van der Waals surface area contributed by atoms with Gasteiger partial charge >= 0.3 is 0 Å². The van der Waals surface area contributed by atoms with Crippen molar-refractivity contribution in [3.05, 3.63) is 24.3 Å². The van der Waals surface area contributed by atoms with Crippen LogP contribution in [0.5, 0.6) is 0 Å². The highest BCUT2D eigenvalue weighted by Gasteiger charge is 2.33. The van der Waals surface area contributed by atoms with Gasteiger partial charge in [0.05, 0.1) is 5.41 Å². The molecule has 0 fully saturated rings. The van der Waals surface area contributed by atoms with Crippen LogP contribution in [0.25, 0.3) is 0 Å². The van der Waals surface area contributed by atoms with Crippen molar-refractivity contribution in [2.24, 2.45) is 11.1 Å². The Labute approximate surface area is 122 Å². The third kappa shape index (κ3) is 4.18. The average Bonchev–Trinajstić information content (AvgIpc) is 2.43. The summed E-state index contributed by atoms with van der Waals surface area (Å²) in [6, 6.07) is 6.37. The summed E-state index contributed by atoms with van der Waals surface area (Å²) in [5.41, 5.74) is 5.73. The molecule has 20 heavy (non-hydrogen) atoms. The number of carbonyl (C=O) groups excluding carboxylic acids is 1. The number of nitrogens with two attached hydrogens (primary N) is 1. The van der Waals surface area contributed by atoms with Crippen LogP contribution in [0.15, 0.2) is 29.2 Å². The SMILES string of the molecule is CCC(CC)(CN)C(=O)Nc1ccc(SC(F)F)cc1. The maximum absolute atomic E-state index is 12.3. The van der Waals surface area contributed by atoms with E-state index in [9.17, 15) is 13.6 Å². The first-order valence-corrected chi connectivity index (χ1v) is 7.41. The maximum Gasteiger partial charge on any atom is 0.288 e. The fourth-order valence-corrected chi connectivity index (χ4v) is 2.43. The van der Waals surface area contributed by atoms with Crippen molar-refractivity contribution in [2.45, 2.75) is 37.3 Å². The van der Waals surface area contributed by atoms with Gasteiger partial charge in [-0.3, -0.25) is 4.79 Å². The molecule has 0 aliphatic heterocycles. The van der Waals surface area contributed by atoms with Gasteiger partial charge in [0.2, 0.25) is 5.91 Å². The Balaban J connectivity index is 2.75. The molecule has 3 nitrogen and oxygen atoms in total. The van der Waals surface area contributed by atoms with E-state index in [1.807, 2.05) is 13.8 Å². The van der Waals surface area contributed by atoms with Crippen LogP contribution in [0.3, 0.4) is 0 Å². The normalized spacial score (nSPS) is 11.7. The number of benzene rings is 1. The molecule has 0 radical (unpaired) electrons. The number of alkyl halides is 2. The molecular formula is C14H20F2N2OS. The van der Waals surface area contributed by atoms with Crippen molar-refractivity contribution < 1.29 is 13.6 Å². The van der Waals surface area contributed by atoms with E-state index in [2.05, 4.69) is 5.32 Å². The van der Waals surface area contributed by atoms with Gasteiger partial charge in [0.1, 0.15) is 0 Å². The summed E-state index contributed by atoms with van der Waals surface area (Å²) in [6.07, 6.45) is 1.32. The monoisotopic (exact) mass is 302 g/mol. The largest absolute Gasteiger partial charge is 0.329 e. The van der Waals surface area contributed by atoms with Gasteiger partial charge in [0, 0.05) is 17.1 Å². The fourth-order valence-electron chi connectivity index (χ4n) is 1.94. The Morgan fingerprint density at radius 2 is 1.85 bits per heavy atom. The predicted octanol–water partition coefficient (Wildman–Crippen LogP) is 3.70. The third-order valence-corrected chi connectivity index (χ3v) is 4.29. The molecule has 6 heteroatoms. The van der Waals surface area contributed by atoms with Crippen LogP contribution in [-0.2, 0) is 4.79 Å². The zero-order valence-corrected chi connectivity index (χ0v) is 12.5. The number of hydrogen-bond acceptors (Lipinski definition) is 3. The molecule has 3 N–H and O–H groups in total. The lowest BCUT2D eigenvalue weighted by Gasteiger charge is -2.28. The fraction of sp³-hybridized carbons (Fsp3) is 0.500. The Bertz CT molecular complexity index is 425. The zero-order chi connectivity index (χ0) is 15.2. The van der Waals surface area contributed by atoms with Crippen molar-refractivity contribution in [3.63, 3.8) is 0 Å². The minimum absolute atomic E-state index is 0.126. The van der Waals surface area contributed by atoms with Gasteiger partial charge in [-0.2, -0.15) is 8.78 Å². The van der Waals surface area contributed by atoms with E-state index in [0.29, 0.717) is 35.2 Å². The lowest BCUT2D eigenvalue weighted by atomic mass is 9.81. The van der Waals surface area contributed by atoms with Gasteiger partial charge < -0.3 is 11.1 Å². The first kappa shape index (κ1) is 16.9. The first-order chi connectivity index (χ1) is 9.47. The van der Waals surface area contributed by atoms with E-state index < -0.39 is 11.2 Å². The summed E-state index contributed by atoms with van der Waals surface area (Å²) in [5.74, 6) is -2.57. The van der Waals surface area contributed by atoms with Crippen LogP contribution in [0.1, 0.15) is 26.7 Å². The molecule has 112 valence electrons. The van der Waals surface area contributed by atoms with Gasteiger partial charge in [0.15, 0.2) is 0 Å². The molecule has 0 spiro atoms. The second-order valence-corrected chi connectivity index (χ2v) is 5.61. The second-order valence-electron chi connectivity index (χ2n) is 4.55. The quantitative estimate of drug-likeness (QED) is 0.755. The second kappa shape index (κ2) is 7.59. The molecule has 0 aromatic heterocycles. The summed E-state index contributed by atoms with van der Waals surface area (Å²) in [7, 11) is 0. The molecule has 0 heterocycles. The lowest BCUT2D eigenvalue weighted by Crippen LogP contribution is -2.41. The molecule has 0 aliphatic rings. The van der Waals surface area contributed by atoms with Gasteiger partial charge in [-0.15, -0.1) is 0 Å². The molecule has 0 saturated heterocycles. The highest BCUT2D eigenvalue weighted by atomic mass is 32.2. The molecule has 1 aromatic carbocycles. The molecule has 1 amide bonds. The molecule has 0 atom stereocenters. The summed E-state index contributed by atoms with van der Waals surface area (Å²) in [4.78, 5) is 12.7. The maximum atomic E-state index is 12.3. The van der Waals surface area contributed by atoms with Gasteiger partial charge in [-0.25, -0.2) is 0 Å². The Kier molecular flexibility index (Phi) is 6.42. The van der Waals surface area contributed by atoms with Crippen LogP contribution < -0.4 is 11.1 Å². The van der Waals surface area contributed by atoms with E-state index in [1.54, 1.807) is 24.3 Å². The van der Waals surface area contributed by atoms with Gasteiger partial charge in [-0.05, 0) is 37.1 Å². The van der Waals surface area contributed by atoms with Crippen LogP contribution in [-0.4, -0.2) is 18.2 Å². The van der Waals surface area contributed by atoms with Crippen molar-refractivity contribution >= 4 is 23.4 Å². The number of rotatable bonds is 7. The summed E-state index contributed by atoms with van der Waals surface area (Å²) in [6.45, 7) is 4.14. The average molecular weight is 302 g/mol. The Morgan fingerprint density at radius 3 is 2.25 bits per heavy atom. The molecular weight excluding hydrogens is 282 g/mol. The number of amides is 1. The summed E-state index contributed by atoms with van der Waals surface area (Å²) >= 11 is 0.479. The molecule has 1 aromatic rings. The summed E-state index contributed by atoms with van der Waals surface area (Å²) in [5, 5.41) is 2.80. The Morgan fingerprint density at radius 1 is 1.30 bits per heavy atom. The van der Waals surface area contributed by atoms with E-state index in [1.165, 1.54) is 0 Å². The smallest absolute Gasteiger partial charge is 0.288 e. The van der Waals surface area contributed by atoms with E-state index >= 15 is 0 Å². The molecule has 0 bridgehead atoms. The zero-order valence-electron chi connectivity index (χ0n) is 11.7. The summed E-state index contributed by atoms with van der Waals surface area (Å²) < 4.78 is 24.4. The van der Waals surface area contributed by atoms with Crippen molar-refractivity contribution in [3.8, 4) is 0 Å². The van der Waals surface area contributed by atoms with Crippen molar-refractivity contribution in [2.75, 3.05) is 11.9 Å². The topological polar surface area (TPSA) is 55.1 Å². The van der Waals surface area contributed by atoms with Crippen LogP contribution in [0.4, 0.5) is 14.5 Å². The number of thioether (sulfide) groups is 1. The van der Waals surface area contributed by atoms with Crippen LogP contribution in [0.2, 0.25) is 0 Å². The van der Waals surface area contributed by atoms with E-state index in [4.69, 9.17) is 5.73 Å². The third-order valence-electron chi connectivity index (χ3n) is 3.56. The number of hydrogen-bond donors (Lipinski definition) is 2. The molecule has 0 aliphatic carbocycles. The van der Waals surface area contributed by atoms with Gasteiger partial charge in [-0.1, -0.05) is 25.6 Å². The minimum Gasteiger partial charge on any atom is -0.329 e. The number of carbonyl (C=O) groups is 1.